The van der Waals surface area contributed by atoms with Crippen LogP contribution in [0.2, 0.25) is 0 Å². The van der Waals surface area contributed by atoms with E-state index >= 15 is 0 Å². The first kappa shape index (κ1) is 20.2. The summed E-state index contributed by atoms with van der Waals surface area (Å²) in [6, 6.07) is 4.63. The second-order valence-corrected chi connectivity index (χ2v) is 9.21. The second-order valence-electron chi connectivity index (χ2n) is 7.06. The molecular weight excluding hydrogens is 384 g/mol. The van der Waals surface area contributed by atoms with Gasteiger partial charge in [0.05, 0.1) is 17.0 Å². The Labute approximate surface area is 163 Å². The van der Waals surface area contributed by atoms with Crippen LogP contribution in [0.25, 0.3) is 11.0 Å². The van der Waals surface area contributed by atoms with Crippen LogP contribution in [0.15, 0.2) is 23.1 Å². The van der Waals surface area contributed by atoms with Gasteiger partial charge in [-0.1, -0.05) is 5.21 Å². The predicted octanol–water partition coefficient (Wildman–Crippen LogP) is -0.204. The fourth-order valence-corrected chi connectivity index (χ4v) is 4.18. The number of carbonyl (C=O) groups is 2. The summed E-state index contributed by atoms with van der Waals surface area (Å²) in [4.78, 5) is 25.5. The average molecular weight is 408 g/mol. The molecule has 1 aromatic heterocycles. The predicted molar refractivity (Wildman–Crippen MR) is 102 cm³/mol. The van der Waals surface area contributed by atoms with Crippen LogP contribution in [-0.2, 0) is 26.2 Å². The van der Waals surface area contributed by atoms with Crippen molar-refractivity contribution in [3.8, 4) is 0 Å². The van der Waals surface area contributed by atoms with Crippen LogP contribution >= 0.6 is 0 Å². The number of aromatic nitrogens is 3. The van der Waals surface area contributed by atoms with Crippen molar-refractivity contribution in [2.24, 2.45) is 11.7 Å². The third kappa shape index (κ3) is 3.99. The number of fused-ring (bicyclic) bond motifs is 1. The molecule has 1 fully saturated rings. The van der Waals surface area contributed by atoms with E-state index in [0.717, 1.165) is 4.31 Å². The minimum Gasteiger partial charge on any atom is -0.369 e. The summed E-state index contributed by atoms with van der Waals surface area (Å²) in [6.45, 7) is 1.39. The highest BCUT2D eigenvalue weighted by molar-refractivity contribution is 7.89. The summed E-state index contributed by atoms with van der Waals surface area (Å²) in [5.41, 5.74) is 6.44. The zero-order chi connectivity index (χ0) is 20.5. The molecule has 2 N–H and O–H groups in total. The summed E-state index contributed by atoms with van der Waals surface area (Å²) in [5, 5.41) is 8.07. The highest BCUT2D eigenvalue weighted by atomic mass is 32.2. The van der Waals surface area contributed by atoms with E-state index in [2.05, 4.69) is 10.3 Å². The van der Waals surface area contributed by atoms with Gasteiger partial charge in [0.15, 0.2) is 0 Å². The molecule has 10 nitrogen and oxygen atoms in total. The first-order valence-electron chi connectivity index (χ1n) is 9.03. The molecule has 2 amide bonds. The van der Waals surface area contributed by atoms with Crippen molar-refractivity contribution in [3.05, 3.63) is 18.2 Å². The van der Waals surface area contributed by atoms with E-state index < -0.39 is 10.0 Å². The number of hydrogen-bond acceptors (Lipinski definition) is 6. The number of piperidine rings is 1. The summed E-state index contributed by atoms with van der Waals surface area (Å²) < 4.78 is 27.2. The molecule has 1 aromatic carbocycles. The van der Waals surface area contributed by atoms with E-state index in [9.17, 15) is 18.0 Å². The molecule has 0 bridgehead atoms. The Balaban J connectivity index is 1.65. The van der Waals surface area contributed by atoms with Crippen LogP contribution in [-0.4, -0.2) is 71.6 Å². The summed E-state index contributed by atoms with van der Waals surface area (Å²) in [7, 11) is -0.614. The number of sulfonamides is 1. The molecule has 0 unspecified atom stereocenters. The van der Waals surface area contributed by atoms with Crippen molar-refractivity contribution in [2.45, 2.75) is 30.7 Å². The number of hydrogen-bond donors (Lipinski definition) is 1. The minimum atomic E-state index is -3.55. The highest BCUT2D eigenvalue weighted by Gasteiger charge is 2.26. The van der Waals surface area contributed by atoms with E-state index in [-0.39, 0.29) is 29.0 Å². The minimum absolute atomic E-state index is 0.0154. The molecule has 1 aliphatic rings. The van der Waals surface area contributed by atoms with Gasteiger partial charge in [0.1, 0.15) is 5.52 Å². The maximum Gasteiger partial charge on any atom is 0.242 e. The van der Waals surface area contributed by atoms with E-state index in [4.69, 9.17) is 5.73 Å². The fraction of sp³-hybridized carbons (Fsp3) is 0.529. The molecule has 152 valence electrons. The molecule has 0 saturated carbocycles. The molecule has 0 atom stereocenters. The first-order valence-corrected chi connectivity index (χ1v) is 10.5. The molecule has 0 radical (unpaired) electrons. The van der Waals surface area contributed by atoms with Gasteiger partial charge in [0.25, 0.3) is 0 Å². The molecular formula is C17H24N6O4S. The van der Waals surface area contributed by atoms with Gasteiger partial charge in [-0.2, -0.15) is 0 Å². The van der Waals surface area contributed by atoms with Crippen LogP contribution in [0.5, 0.6) is 0 Å². The fourth-order valence-electron chi connectivity index (χ4n) is 3.26. The van der Waals surface area contributed by atoms with Crippen molar-refractivity contribution in [3.63, 3.8) is 0 Å². The standard InChI is InChI=1S/C17H24N6O4S/c1-21(2)28(26,27)13-3-4-15-14(11-13)19-20-23(15)10-7-16(24)22-8-5-12(6-9-22)17(18)25/h3-4,11-12H,5-10H2,1-2H3,(H2,18,25). The summed E-state index contributed by atoms with van der Waals surface area (Å²) in [6.07, 6.45) is 1.43. The van der Waals surface area contributed by atoms with E-state index in [0.29, 0.717) is 43.5 Å². The van der Waals surface area contributed by atoms with Gasteiger partial charge < -0.3 is 10.6 Å². The van der Waals surface area contributed by atoms with Gasteiger partial charge >= 0.3 is 0 Å². The molecule has 3 rings (SSSR count). The van der Waals surface area contributed by atoms with Crippen LogP contribution in [0.1, 0.15) is 19.3 Å². The Kier molecular flexibility index (Phi) is 5.66. The lowest BCUT2D eigenvalue weighted by molar-refractivity contribution is -0.135. The molecule has 0 aliphatic carbocycles. The van der Waals surface area contributed by atoms with Gasteiger partial charge in [-0.15, -0.1) is 5.10 Å². The molecule has 1 aliphatic heterocycles. The highest BCUT2D eigenvalue weighted by Crippen LogP contribution is 2.20. The Hall–Kier alpha value is -2.53. The van der Waals surface area contributed by atoms with E-state index in [1.807, 2.05) is 0 Å². The number of aryl methyl sites for hydroxylation is 1. The van der Waals surface area contributed by atoms with Gasteiger partial charge in [0, 0.05) is 39.5 Å². The zero-order valence-electron chi connectivity index (χ0n) is 15.9. The number of likely N-dealkylation sites (tertiary alicyclic amines) is 1. The zero-order valence-corrected chi connectivity index (χ0v) is 16.7. The molecule has 0 spiro atoms. The Morgan fingerprint density at radius 2 is 1.93 bits per heavy atom. The number of carbonyl (C=O) groups excluding carboxylic acids is 2. The van der Waals surface area contributed by atoms with Gasteiger partial charge in [-0.3, -0.25) is 9.59 Å². The first-order chi connectivity index (χ1) is 13.2. The molecule has 1 saturated heterocycles. The van der Waals surface area contributed by atoms with Crippen molar-refractivity contribution < 1.29 is 18.0 Å². The van der Waals surface area contributed by atoms with Crippen molar-refractivity contribution in [2.75, 3.05) is 27.2 Å². The number of primary amides is 1. The maximum atomic E-state index is 12.4. The van der Waals surface area contributed by atoms with Crippen LogP contribution in [0.3, 0.4) is 0 Å². The van der Waals surface area contributed by atoms with E-state index in [1.165, 1.54) is 26.2 Å². The van der Waals surface area contributed by atoms with Crippen molar-refractivity contribution in [1.82, 2.24) is 24.2 Å². The summed E-state index contributed by atoms with van der Waals surface area (Å²) >= 11 is 0. The lowest BCUT2D eigenvalue weighted by atomic mass is 9.96. The maximum absolute atomic E-state index is 12.4. The van der Waals surface area contributed by atoms with Crippen molar-refractivity contribution in [1.29, 1.82) is 0 Å². The third-order valence-electron chi connectivity index (χ3n) is 5.05. The number of nitrogens with zero attached hydrogens (tertiary/aromatic N) is 5. The topological polar surface area (TPSA) is 131 Å². The Bertz CT molecular complexity index is 992. The molecule has 2 heterocycles. The van der Waals surface area contributed by atoms with Crippen LogP contribution < -0.4 is 5.73 Å². The monoisotopic (exact) mass is 408 g/mol. The van der Waals surface area contributed by atoms with E-state index in [1.54, 1.807) is 15.6 Å². The Morgan fingerprint density at radius 1 is 1.25 bits per heavy atom. The van der Waals surface area contributed by atoms with Gasteiger partial charge in [-0.05, 0) is 31.0 Å². The third-order valence-corrected chi connectivity index (χ3v) is 6.86. The lowest BCUT2D eigenvalue weighted by Gasteiger charge is -2.30. The molecule has 11 heteroatoms. The second kappa shape index (κ2) is 7.84. The summed E-state index contributed by atoms with van der Waals surface area (Å²) in [5.74, 6) is -0.480. The normalized spacial score (nSPS) is 16.0. The number of benzene rings is 1. The van der Waals surface area contributed by atoms with Crippen LogP contribution in [0.4, 0.5) is 0 Å². The molecule has 2 aromatic rings. The number of rotatable bonds is 6. The van der Waals surface area contributed by atoms with Crippen molar-refractivity contribution >= 4 is 32.9 Å². The van der Waals surface area contributed by atoms with Crippen LogP contribution in [0, 0.1) is 5.92 Å². The SMILES string of the molecule is CN(C)S(=O)(=O)c1ccc2c(c1)nnn2CCC(=O)N1CCC(C(N)=O)CC1. The molecule has 28 heavy (non-hydrogen) atoms. The number of amides is 2. The van der Waals surface area contributed by atoms with Gasteiger partial charge in [-0.25, -0.2) is 17.4 Å². The smallest absolute Gasteiger partial charge is 0.242 e. The quantitative estimate of drug-likeness (QED) is 0.704. The lowest BCUT2D eigenvalue weighted by Crippen LogP contribution is -2.42. The Morgan fingerprint density at radius 3 is 2.54 bits per heavy atom. The largest absolute Gasteiger partial charge is 0.369 e. The average Bonchev–Trinajstić information content (AvgIpc) is 3.08. The van der Waals surface area contributed by atoms with Gasteiger partial charge in [0.2, 0.25) is 21.8 Å². The number of nitrogens with two attached hydrogens (primary N) is 1.